The number of anilines is 2. The van der Waals surface area contributed by atoms with Crippen LogP contribution in [0.25, 0.3) is 21.8 Å². The Hall–Kier alpha value is -3.81. The summed E-state index contributed by atoms with van der Waals surface area (Å²) in [6, 6.07) is 17.5. The average molecular weight is 480 g/mol. The number of hydrogen-bond donors (Lipinski definition) is 1. The van der Waals surface area contributed by atoms with Crippen LogP contribution in [0.5, 0.6) is 0 Å². The molecule has 1 amide bonds. The number of piperidine rings is 1. The van der Waals surface area contributed by atoms with Gasteiger partial charge in [-0.3, -0.25) is 9.59 Å². The van der Waals surface area contributed by atoms with E-state index < -0.39 is 17.6 Å². The highest BCUT2D eigenvalue weighted by molar-refractivity contribution is 5.98. The number of hydrogen-bond acceptors (Lipinski definition) is 3. The predicted octanol–water partition coefficient (Wildman–Crippen LogP) is 5.80. The maximum Gasteiger partial charge on any atom is 0.416 e. The van der Waals surface area contributed by atoms with Crippen LogP contribution in [0.3, 0.4) is 0 Å². The SMILES string of the molecule is O=C(Cn1c2ccccc2c(=O)c2ccccc21)Nc1cc(C(F)(F)F)ccc1N1CCCCC1. The zero-order chi connectivity index (χ0) is 24.6. The summed E-state index contributed by atoms with van der Waals surface area (Å²) in [5, 5.41) is 3.69. The van der Waals surface area contributed by atoms with E-state index in [2.05, 4.69) is 5.32 Å². The largest absolute Gasteiger partial charge is 0.416 e. The molecule has 4 aromatic rings. The number of halogens is 3. The van der Waals surface area contributed by atoms with E-state index in [4.69, 9.17) is 0 Å². The fourth-order valence-corrected chi connectivity index (χ4v) is 4.80. The highest BCUT2D eigenvalue weighted by atomic mass is 19.4. The zero-order valence-corrected chi connectivity index (χ0v) is 18.9. The maximum atomic E-state index is 13.5. The smallest absolute Gasteiger partial charge is 0.370 e. The summed E-state index contributed by atoms with van der Waals surface area (Å²) in [7, 11) is 0. The van der Waals surface area contributed by atoms with Crippen LogP contribution in [-0.2, 0) is 17.5 Å². The topological polar surface area (TPSA) is 54.3 Å². The third-order valence-electron chi connectivity index (χ3n) is 6.48. The van der Waals surface area contributed by atoms with Crippen LogP contribution in [0.1, 0.15) is 24.8 Å². The second kappa shape index (κ2) is 9.09. The average Bonchev–Trinajstić information content (AvgIpc) is 2.86. The zero-order valence-electron chi connectivity index (χ0n) is 18.9. The number of fused-ring (bicyclic) bond motifs is 2. The van der Waals surface area contributed by atoms with Crippen molar-refractivity contribution in [2.75, 3.05) is 23.3 Å². The normalized spacial score (nSPS) is 14.4. The van der Waals surface area contributed by atoms with Crippen molar-refractivity contribution in [3.05, 3.63) is 82.5 Å². The second-order valence-electron chi connectivity index (χ2n) is 8.78. The number of nitrogens with one attached hydrogen (secondary N) is 1. The van der Waals surface area contributed by atoms with Crippen molar-refractivity contribution in [3.8, 4) is 0 Å². The van der Waals surface area contributed by atoms with Crippen LogP contribution in [0.4, 0.5) is 24.5 Å². The van der Waals surface area contributed by atoms with Gasteiger partial charge in [0.05, 0.1) is 28.0 Å². The molecule has 1 aliphatic heterocycles. The minimum absolute atomic E-state index is 0.127. The number of nitrogens with zero attached hydrogens (tertiary/aromatic N) is 2. The van der Waals surface area contributed by atoms with Gasteiger partial charge in [0, 0.05) is 23.9 Å². The summed E-state index contributed by atoms with van der Waals surface area (Å²) in [4.78, 5) is 28.2. The Labute approximate surface area is 199 Å². The molecular formula is C27H24F3N3O2. The number of alkyl halides is 3. The van der Waals surface area contributed by atoms with Crippen molar-refractivity contribution in [1.82, 2.24) is 4.57 Å². The number of benzene rings is 3. The molecule has 0 spiro atoms. The van der Waals surface area contributed by atoms with Gasteiger partial charge in [0.15, 0.2) is 5.43 Å². The molecule has 0 atom stereocenters. The molecule has 5 rings (SSSR count). The quantitative estimate of drug-likeness (QED) is 0.376. The minimum atomic E-state index is -4.52. The van der Waals surface area contributed by atoms with Crippen molar-refractivity contribution in [2.24, 2.45) is 0 Å². The molecule has 1 aliphatic rings. The predicted molar refractivity (Wildman–Crippen MR) is 132 cm³/mol. The van der Waals surface area contributed by atoms with Crippen LogP contribution in [0.15, 0.2) is 71.5 Å². The number of pyridine rings is 1. The fraction of sp³-hybridized carbons (Fsp3) is 0.259. The van der Waals surface area contributed by atoms with E-state index in [1.165, 1.54) is 6.07 Å². The molecule has 1 aromatic heterocycles. The number of rotatable bonds is 4. The first kappa shape index (κ1) is 23.0. The van der Waals surface area contributed by atoms with Crippen molar-refractivity contribution in [1.29, 1.82) is 0 Å². The number of carbonyl (C=O) groups is 1. The summed E-state index contributed by atoms with van der Waals surface area (Å²) >= 11 is 0. The standard InChI is InChI=1S/C27H24F3N3O2/c28-27(29,30)18-12-13-24(32-14-6-1-7-15-32)21(16-18)31-25(34)17-33-22-10-4-2-8-19(22)26(35)20-9-3-5-11-23(20)33/h2-5,8-13,16H,1,6-7,14-15,17H2,(H,31,34). The summed E-state index contributed by atoms with van der Waals surface area (Å²) in [6.45, 7) is 1.30. The van der Waals surface area contributed by atoms with E-state index in [0.29, 0.717) is 27.5 Å². The molecule has 3 aromatic carbocycles. The third-order valence-corrected chi connectivity index (χ3v) is 6.48. The lowest BCUT2D eigenvalue weighted by Gasteiger charge is -2.31. The summed E-state index contributed by atoms with van der Waals surface area (Å²) < 4.78 is 42.1. The minimum Gasteiger partial charge on any atom is -0.370 e. The monoisotopic (exact) mass is 479 g/mol. The molecule has 1 fully saturated rings. The lowest BCUT2D eigenvalue weighted by Crippen LogP contribution is -2.31. The molecule has 8 heteroatoms. The molecule has 180 valence electrons. The van der Waals surface area contributed by atoms with Crippen LogP contribution < -0.4 is 15.6 Å². The first-order valence-corrected chi connectivity index (χ1v) is 11.6. The Bertz CT molecular complexity index is 1410. The van der Waals surface area contributed by atoms with Gasteiger partial charge >= 0.3 is 6.18 Å². The van der Waals surface area contributed by atoms with E-state index in [1.54, 1.807) is 53.1 Å². The van der Waals surface area contributed by atoms with Gasteiger partial charge in [0.1, 0.15) is 6.54 Å². The first-order chi connectivity index (χ1) is 16.8. The van der Waals surface area contributed by atoms with Gasteiger partial charge in [0.2, 0.25) is 5.91 Å². The van der Waals surface area contributed by atoms with Gasteiger partial charge in [-0.15, -0.1) is 0 Å². The van der Waals surface area contributed by atoms with E-state index >= 15 is 0 Å². The Morgan fingerprint density at radius 2 is 1.46 bits per heavy atom. The molecule has 0 unspecified atom stereocenters. The molecule has 35 heavy (non-hydrogen) atoms. The lowest BCUT2D eigenvalue weighted by molar-refractivity contribution is -0.137. The molecule has 0 aliphatic carbocycles. The first-order valence-electron chi connectivity index (χ1n) is 11.6. The van der Waals surface area contributed by atoms with Crippen LogP contribution in [-0.4, -0.2) is 23.6 Å². The van der Waals surface area contributed by atoms with Gasteiger partial charge in [-0.05, 0) is 61.7 Å². The van der Waals surface area contributed by atoms with E-state index in [1.807, 2.05) is 4.90 Å². The molecule has 0 radical (unpaired) electrons. The van der Waals surface area contributed by atoms with Crippen LogP contribution >= 0.6 is 0 Å². The van der Waals surface area contributed by atoms with Gasteiger partial charge in [-0.25, -0.2) is 0 Å². The molecule has 1 N–H and O–H groups in total. The second-order valence-corrected chi connectivity index (χ2v) is 8.78. The van der Waals surface area contributed by atoms with Gasteiger partial charge < -0.3 is 14.8 Å². The van der Waals surface area contributed by atoms with E-state index in [9.17, 15) is 22.8 Å². The van der Waals surface area contributed by atoms with Gasteiger partial charge in [-0.1, -0.05) is 24.3 Å². The third kappa shape index (κ3) is 4.48. The maximum absolute atomic E-state index is 13.5. The lowest BCUT2D eigenvalue weighted by atomic mass is 10.1. The molecule has 2 heterocycles. The number of para-hydroxylation sites is 2. The highest BCUT2D eigenvalue weighted by Crippen LogP contribution is 2.36. The Balaban J connectivity index is 1.54. The Morgan fingerprint density at radius 1 is 0.857 bits per heavy atom. The van der Waals surface area contributed by atoms with Crippen LogP contribution in [0, 0.1) is 0 Å². The number of carbonyl (C=O) groups excluding carboxylic acids is 1. The van der Waals surface area contributed by atoms with Crippen molar-refractivity contribution in [2.45, 2.75) is 32.0 Å². The Kier molecular flexibility index (Phi) is 5.96. The van der Waals surface area contributed by atoms with Gasteiger partial charge in [-0.2, -0.15) is 13.2 Å². The summed E-state index contributed by atoms with van der Waals surface area (Å²) in [5.74, 6) is -0.471. The molecule has 0 saturated carbocycles. The van der Waals surface area contributed by atoms with Crippen LogP contribution in [0.2, 0.25) is 0 Å². The molecule has 1 saturated heterocycles. The molecule has 5 nitrogen and oxygen atoms in total. The van der Waals surface area contributed by atoms with Crippen molar-refractivity contribution in [3.63, 3.8) is 0 Å². The van der Waals surface area contributed by atoms with Crippen molar-refractivity contribution >= 4 is 39.1 Å². The van der Waals surface area contributed by atoms with E-state index in [-0.39, 0.29) is 17.7 Å². The molecule has 0 bridgehead atoms. The highest BCUT2D eigenvalue weighted by Gasteiger charge is 2.32. The fourth-order valence-electron chi connectivity index (χ4n) is 4.80. The number of amides is 1. The van der Waals surface area contributed by atoms with E-state index in [0.717, 1.165) is 44.5 Å². The van der Waals surface area contributed by atoms with Gasteiger partial charge in [0.25, 0.3) is 0 Å². The summed E-state index contributed by atoms with van der Waals surface area (Å²) in [5.41, 5.74) is 0.964. The Morgan fingerprint density at radius 3 is 2.06 bits per heavy atom. The summed E-state index contributed by atoms with van der Waals surface area (Å²) in [6.07, 6.45) is -1.55. The number of aromatic nitrogens is 1. The molecular weight excluding hydrogens is 455 g/mol. The van der Waals surface area contributed by atoms with Crippen molar-refractivity contribution < 1.29 is 18.0 Å².